The van der Waals surface area contributed by atoms with Crippen LogP contribution < -0.4 is 0 Å². The van der Waals surface area contributed by atoms with Crippen LogP contribution in [0.15, 0.2) is 182 Å². The van der Waals surface area contributed by atoms with Crippen LogP contribution in [0.4, 0.5) is 0 Å². The van der Waals surface area contributed by atoms with Gasteiger partial charge in [-0.25, -0.2) is 19.9 Å². The first kappa shape index (κ1) is 29.4. The minimum atomic E-state index is 0.646. The molecule has 0 bridgehead atoms. The lowest BCUT2D eigenvalue weighted by atomic mass is 9.92. The Morgan fingerprint density at radius 3 is 1.24 bits per heavy atom. The Hall–Kier alpha value is -6.78. The summed E-state index contributed by atoms with van der Waals surface area (Å²) >= 11 is 0. The van der Waals surface area contributed by atoms with E-state index in [4.69, 9.17) is 19.9 Å². The van der Waals surface area contributed by atoms with Gasteiger partial charge in [-0.15, -0.1) is 0 Å². The summed E-state index contributed by atoms with van der Waals surface area (Å²) in [7, 11) is 0. The normalized spacial score (nSPS) is 11.2. The third kappa shape index (κ3) is 5.49. The summed E-state index contributed by atoms with van der Waals surface area (Å²) in [6, 6.07) is 62.9. The van der Waals surface area contributed by atoms with Crippen molar-refractivity contribution in [2.45, 2.75) is 0 Å². The van der Waals surface area contributed by atoms with Gasteiger partial charge in [0.1, 0.15) is 0 Å². The SMILES string of the molecule is c1ccc(-c2nc(-c3ccccc3)nc(-c3ccc(-c4ccc(-c5cccc6c(-c7ccccc7)nc7ccccc7c56)cc4)cc3)n2)cc1. The van der Waals surface area contributed by atoms with Crippen LogP contribution in [0, 0.1) is 0 Å². The van der Waals surface area contributed by atoms with E-state index >= 15 is 0 Å². The largest absolute Gasteiger partial charge is 0.247 e. The van der Waals surface area contributed by atoms with Crippen molar-refractivity contribution in [3.63, 3.8) is 0 Å². The Balaban J connectivity index is 1.08. The quantitative estimate of drug-likeness (QED) is 0.170. The second kappa shape index (κ2) is 12.7. The summed E-state index contributed by atoms with van der Waals surface area (Å²) in [5, 5.41) is 3.52. The molecule has 50 heavy (non-hydrogen) atoms. The Morgan fingerprint density at radius 1 is 0.260 bits per heavy atom. The molecule has 0 fully saturated rings. The molecule has 0 atom stereocenters. The monoisotopic (exact) mass is 638 g/mol. The van der Waals surface area contributed by atoms with Crippen molar-refractivity contribution in [1.82, 2.24) is 19.9 Å². The highest BCUT2D eigenvalue weighted by molar-refractivity contribution is 6.17. The summed E-state index contributed by atoms with van der Waals surface area (Å²) in [5.41, 5.74) is 10.6. The van der Waals surface area contributed by atoms with E-state index in [0.717, 1.165) is 55.4 Å². The molecule has 0 aliphatic heterocycles. The summed E-state index contributed by atoms with van der Waals surface area (Å²) in [5.74, 6) is 1.95. The van der Waals surface area contributed by atoms with Gasteiger partial charge in [0, 0.05) is 38.4 Å². The molecular formula is C46H30N4. The zero-order chi connectivity index (χ0) is 33.3. The number of para-hydroxylation sites is 1. The van der Waals surface area contributed by atoms with Gasteiger partial charge in [0.05, 0.1) is 11.2 Å². The predicted octanol–water partition coefficient (Wildman–Crippen LogP) is 11.6. The maximum Gasteiger partial charge on any atom is 0.164 e. The predicted molar refractivity (Wildman–Crippen MR) is 205 cm³/mol. The molecule has 0 unspecified atom stereocenters. The molecule has 2 aromatic heterocycles. The first-order chi connectivity index (χ1) is 24.8. The third-order valence-electron chi connectivity index (χ3n) is 9.14. The minimum absolute atomic E-state index is 0.646. The number of rotatable bonds is 6. The van der Waals surface area contributed by atoms with Gasteiger partial charge < -0.3 is 0 Å². The zero-order valence-corrected chi connectivity index (χ0v) is 27.1. The Kier molecular flexibility index (Phi) is 7.45. The molecule has 234 valence electrons. The molecule has 0 saturated carbocycles. The van der Waals surface area contributed by atoms with Crippen molar-refractivity contribution in [2.24, 2.45) is 0 Å². The van der Waals surface area contributed by atoms with E-state index in [0.29, 0.717) is 17.5 Å². The van der Waals surface area contributed by atoms with Crippen molar-refractivity contribution in [3.05, 3.63) is 182 Å². The molecule has 0 N–H and O–H groups in total. The lowest BCUT2D eigenvalue weighted by molar-refractivity contribution is 1.07. The topological polar surface area (TPSA) is 51.6 Å². The van der Waals surface area contributed by atoms with E-state index in [-0.39, 0.29) is 0 Å². The van der Waals surface area contributed by atoms with E-state index in [1.54, 1.807) is 0 Å². The van der Waals surface area contributed by atoms with Crippen LogP contribution >= 0.6 is 0 Å². The van der Waals surface area contributed by atoms with Crippen LogP contribution in [-0.2, 0) is 0 Å². The number of hydrogen-bond donors (Lipinski definition) is 0. The number of nitrogens with zero attached hydrogens (tertiary/aromatic N) is 4. The standard InChI is InChI=1S/C46H30N4/c1-4-13-34(14-5-1)43-40-21-12-20-38(42(40)39-19-10-11-22-41(39)47-43)33-27-23-31(24-28-33)32-25-29-37(30-26-32)46-49-44(35-15-6-2-7-16-35)48-45(50-46)36-17-8-3-9-18-36/h1-30H. The number of benzene rings is 7. The molecule has 0 spiro atoms. The second-order valence-electron chi connectivity index (χ2n) is 12.3. The maximum absolute atomic E-state index is 5.12. The van der Waals surface area contributed by atoms with Crippen molar-refractivity contribution < 1.29 is 0 Å². The molecular weight excluding hydrogens is 609 g/mol. The molecule has 0 saturated heterocycles. The van der Waals surface area contributed by atoms with Crippen LogP contribution in [0.2, 0.25) is 0 Å². The molecule has 9 rings (SSSR count). The number of aromatic nitrogens is 4. The van der Waals surface area contributed by atoms with E-state index in [2.05, 4.69) is 115 Å². The minimum Gasteiger partial charge on any atom is -0.247 e. The molecule has 9 aromatic rings. The van der Waals surface area contributed by atoms with E-state index in [1.807, 2.05) is 66.7 Å². The van der Waals surface area contributed by atoms with Crippen LogP contribution in [0.3, 0.4) is 0 Å². The van der Waals surface area contributed by atoms with Gasteiger partial charge in [0.15, 0.2) is 17.5 Å². The van der Waals surface area contributed by atoms with Crippen LogP contribution in [0.1, 0.15) is 0 Å². The Morgan fingerprint density at radius 2 is 0.680 bits per heavy atom. The fourth-order valence-electron chi connectivity index (χ4n) is 6.65. The molecule has 7 aromatic carbocycles. The van der Waals surface area contributed by atoms with E-state index in [1.165, 1.54) is 16.5 Å². The summed E-state index contributed by atoms with van der Waals surface area (Å²) in [6.45, 7) is 0. The van der Waals surface area contributed by atoms with Gasteiger partial charge in [-0.2, -0.15) is 0 Å². The van der Waals surface area contributed by atoms with Gasteiger partial charge in [-0.05, 0) is 28.3 Å². The fourth-order valence-corrected chi connectivity index (χ4v) is 6.65. The number of fused-ring (bicyclic) bond motifs is 3. The number of hydrogen-bond acceptors (Lipinski definition) is 4. The van der Waals surface area contributed by atoms with Crippen LogP contribution in [0.25, 0.3) is 89.4 Å². The van der Waals surface area contributed by atoms with Crippen molar-refractivity contribution in [2.75, 3.05) is 0 Å². The molecule has 0 aliphatic carbocycles. The lowest BCUT2D eigenvalue weighted by Gasteiger charge is -2.14. The van der Waals surface area contributed by atoms with Crippen molar-refractivity contribution in [1.29, 1.82) is 0 Å². The molecule has 0 radical (unpaired) electrons. The maximum atomic E-state index is 5.12. The highest BCUT2D eigenvalue weighted by Gasteiger charge is 2.15. The molecule has 4 heteroatoms. The molecule has 0 amide bonds. The third-order valence-corrected chi connectivity index (χ3v) is 9.14. The summed E-state index contributed by atoms with van der Waals surface area (Å²) in [6.07, 6.45) is 0. The van der Waals surface area contributed by atoms with E-state index in [9.17, 15) is 0 Å². The Bertz CT molecular complexity index is 2540. The van der Waals surface area contributed by atoms with Gasteiger partial charge in [0.25, 0.3) is 0 Å². The first-order valence-corrected chi connectivity index (χ1v) is 16.7. The average Bonchev–Trinajstić information content (AvgIpc) is 3.21. The van der Waals surface area contributed by atoms with Crippen LogP contribution in [0.5, 0.6) is 0 Å². The van der Waals surface area contributed by atoms with Gasteiger partial charge >= 0.3 is 0 Å². The van der Waals surface area contributed by atoms with Crippen molar-refractivity contribution >= 4 is 21.7 Å². The Labute approximate surface area is 290 Å². The molecule has 4 nitrogen and oxygen atoms in total. The first-order valence-electron chi connectivity index (χ1n) is 16.7. The zero-order valence-electron chi connectivity index (χ0n) is 27.1. The van der Waals surface area contributed by atoms with Crippen LogP contribution in [-0.4, -0.2) is 19.9 Å². The van der Waals surface area contributed by atoms with Gasteiger partial charge in [-0.1, -0.05) is 176 Å². The second-order valence-corrected chi connectivity index (χ2v) is 12.3. The van der Waals surface area contributed by atoms with Gasteiger partial charge in [-0.3, -0.25) is 0 Å². The summed E-state index contributed by atoms with van der Waals surface area (Å²) < 4.78 is 0. The van der Waals surface area contributed by atoms with Crippen molar-refractivity contribution in [3.8, 4) is 67.7 Å². The average molecular weight is 639 g/mol. The highest BCUT2D eigenvalue weighted by atomic mass is 15.0. The molecule has 0 aliphatic rings. The van der Waals surface area contributed by atoms with E-state index < -0.39 is 0 Å². The van der Waals surface area contributed by atoms with Gasteiger partial charge in [0.2, 0.25) is 0 Å². The summed E-state index contributed by atoms with van der Waals surface area (Å²) in [4.78, 5) is 19.7. The smallest absolute Gasteiger partial charge is 0.164 e. The highest BCUT2D eigenvalue weighted by Crippen LogP contribution is 2.39. The number of pyridine rings is 1. The lowest BCUT2D eigenvalue weighted by Crippen LogP contribution is -2.00. The molecule has 2 heterocycles. The fraction of sp³-hybridized carbons (Fsp3) is 0.